The number of Topliss-reactive ketones (excluding diaryl/α,β-unsaturated/α-hetero) is 1. The van der Waals surface area contributed by atoms with Gasteiger partial charge in [0.15, 0.2) is 15.6 Å². The molecule has 0 N–H and O–H groups in total. The van der Waals surface area contributed by atoms with Gasteiger partial charge in [0, 0.05) is 5.56 Å². The van der Waals surface area contributed by atoms with Crippen molar-refractivity contribution in [2.75, 3.05) is 5.75 Å². The Kier molecular flexibility index (Phi) is 4.35. The zero-order valence-electron chi connectivity index (χ0n) is 11.2. The van der Waals surface area contributed by atoms with Gasteiger partial charge in [-0.3, -0.25) is 4.79 Å². The van der Waals surface area contributed by atoms with E-state index in [0.717, 1.165) is 5.56 Å². The van der Waals surface area contributed by atoms with Gasteiger partial charge in [-0.15, -0.1) is 0 Å². The Hall–Kier alpha value is -1.94. The Labute approximate surface area is 119 Å². The molecule has 0 heterocycles. The van der Waals surface area contributed by atoms with E-state index in [1.807, 2.05) is 19.1 Å². The molecule has 0 fully saturated rings. The fourth-order valence-electron chi connectivity index (χ4n) is 1.98. The fourth-order valence-corrected chi connectivity index (χ4v) is 3.35. The highest BCUT2D eigenvalue weighted by Gasteiger charge is 2.18. The van der Waals surface area contributed by atoms with Crippen LogP contribution in [0, 0.1) is 6.92 Å². The number of hydrogen-bond donors (Lipinski definition) is 0. The van der Waals surface area contributed by atoms with Gasteiger partial charge < -0.3 is 0 Å². The molecule has 20 heavy (non-hydrogen) atoms. The number of rotatable bonds is 5. The minimum atomic E-state index is -3.44. The molecule has 3 nitrogen and oxygen atoms in total. The van der Waals surface area contributed by atoms with Crippen LogP contribution in [0.1, 0.15) is 21.5 Å². The molecule has 0 spiro atoms. The van der Waals surface area contributed by atoms with Gasteiger partial charge in [0.1, 0.15) is 5.75 Å². The summed E-state index contributed by atoms with van der Waals surface area (Å²) in [6.07, 6.45) is 0. The molecule has 0 saturated carbocycles. The topological polar surface area (TPSA) is 51.2 Å². The SMILES string of the molecule is Cc1cccc(C(=O)CS(=O)(=O)Cc2ccccc2)c1. The molecule has 4 heteroatoms. The van der Waals surface area contributed by atoms with Gasteiger partial charge in [-0.1, -0.05) is 54.1 Å². The second-order valence-corrected chi connectivity index (χ2v) is 6.87. The van der Waals surface area contributed by atoms with Crippen molar-refractivity contribution in [2.45, 2.75) is 12.7 Å². The van der Waals surface area contributed by atoms with Crippen molar-refractivity contribution in [1.82, 2.24) is 0 Å². The molecule has 0 aliphatic heterocycles. The number of carbonyl (C=O) groups excluding carboxylic acids is 1. The average Bonchev–Trinajstić information content (AvgIpc) is 2.38. The number of benzene rings is 2. The van der Waals surface area contributed by atoms with Crippen LogP contribution in [0.5, 0.6) is 0 Å². The molecule has 0 radical (unpaired) electrons. The molecule has 0 aliphatic rings. The minimum absolute atomic E-state index is 0.106. The molecule has 0 aromatic heterocycles. The van der Waals surface area contributed by atoms with Gasteiger partial charge >= 0.3 is 0 Å². The zero-order valence-corrected chi connectivity index (χ0v) is 12.1. The van der Waals surface area contributed by atoms with Gasteiger partial charge in [-0.05, 0) is 18.6 Å². The lowest BCUT2D eigenvalue weighted by Crippen LogP contribution is -2.18. The first kappa shape index (κ1) is 14.5. The molecule has 0 atom stereocenters. The monoisotopic (exact) mass is 288 g/mol. The van der Waals surface area contributed by atoms with E-state index in [0.29, 0.717) is 11.1 Å². The van der Waals surface area contributed by atoms with Crippen molar-refractivity contribution < 1.29 is 13.2 Å². The summed E-state index contributed by atoms with van der Waals surface area (Å²) in [6.45, 7) is 1.87. The first-order valence-electron chi connectivity index (χ1n) is 6.30. The van der Waals surface area contributed by atoms with Gasteiger partial charge in [0.05, 0.1) is 5.75 Å². The maximum Gasteiger partial charge on any atom is 0.177 e. The molecule has 0 bridgehead atoms. The van der Waals surface area contributed by atoms with E-state index in [2.05, 4.69) is 0 Å². The summed E-state index contributed by atoms with van der Waals surface area (Å²) >= 11 is 0. The molecule has 104 valence electrons. The third kappa shape index (κ3) is 4.03. The number of carbonyl (C=O) groups is 1. The first-order chi connectivity index (χ1) is 9.46. The molecule has 0 unspecified atom stereocenters. The third-order valence-electron chi connectivity index (χ3n) is 2.92. The summed E-state index contributed by atoms with van der Waals surface area (Å²) in [5.74, 6) is -0.916. The van der Waals surface area contributed by atoms with E-state index in [4.69, 9.17) is 0 Å². The molecule has 2 aromatic rings. The van der Waals surface area contributed by atoms with E-state index in [9.17, 15) is 13.2 Å². The van der Waals surface area contributed by atoms with E-state index >= 15 is 0 Å². The van der Waals surface area contributed by atoms with Gasteiger partial charge in [-0.25, -0.2) is 8.42 Å². The van der Waals surface area contributed by atoms with E-state index < -0.39 is 15.6 Å². The highest BCUT2D eigenvalue weighted by atomic mass is 32.2. The fraction of sp³-hybridized carbons (Fsp3) is 0.188. The van der Waals surface area contributed by atoms with Crippen molar-refractivity contribution in [1.29, 1.82) is 0 Å². The molecule has 0 amide bonds. The summed E-state index contributed by atoms with van der Waals surface area (Å²) < 4.78 is 24.1. The summed E-state index contributed by atoms with van der Waals surface area (Å²) in [5, 5.41) is 0. The maximum absolute atomic E-state index is 12.0. The highest BCUT2D eigenvalue weighted by molar-refractivity contribution is 7.91. The smallest absolute Gasteiger partial charge is 0.177 e. The van der Waals surface area contributed by atoms with Crippen LogP contribution in [0.15, 0.2) is 54.6 Å². The minimum Gasteiger partial charge on any atom is -0.293 e. The highest BCUT2D eigenvalue weighted by Crippen LogP contribution is 2.10. The Morgan fingerprint density at radius 1 is 1.00 bits per heavy atom. The summed E-state index contributed by atoms with van der Waals surface area (Å²) in [6, 6.07) is 15.9. The lowest BCUT2D eigenvalue weighted by atomic mass is 10.1. The van der Waals surface area contributed by atoms with Crippen LogP contribution in [-0.2, 0) is 15.6 Å². The lowest BCUT2D eigenvalue weighted by molar-refractivity contribution is 0.102. The van der Waals surface area contributed by atoms with E-state index in [1.165, 1.54) is 0 Å². The quantitative estimate of drug-likeness (QED) is 0.795. The Morgan fingerprint density at radius 2 is 1.70 bits per heavy atom. The Balaban J connectivity index is 2.10. The summed E-state index contributed by atoms with van der Waals surface area (Å²) in [4.78, 5) is 12.0. The largest absolute Gasteiger partial charge is 0.293 e. The van der Waals surface area contributed by atoms with E-state index in [1.54, 1.807) is 42.5 Å². The van der Waals surface area contributed by atoms with Crippen LogP contribution < -0.4 is 0 Å². The molecule has 0 saturated heterocycles. The van der Waals surface area contributed by atoms with Crippen molar-refractivity contribution >= 4 is 15.6 Å². The second kappa shape index (κ2) is 6.01. The predicted octanol–water partition coefficient (Wildman–Crippen LogP) is 2.79. The van der Waals surface area contributed by atoms with Crippen molar-refractivity contribution in [3.8, 4) is 0 Å². The molecule has 2 rings (SSSR count). The normalized spacial score (nSPS) is 11.2. The van der Waals surface area contributed by atoms with Crippen LogP contribution in [0.2, 0.25) is 0 Å². The van der Waals surface area contributed by atoms with Gasteiger partial charge in [-0.2, -0.15) is 0 Å². The van der Waals surface area contributed by atoms with Gasteiger partial charge in [0.2, 0.25) is 0 Å². The van der Waals surface area contributed by atoms with Crippen LogP contribution in [-0.4, -0.2) is 20.0 Å². The van der Waals surface area contributed by atoms with Crippen molar-refractivity contribution in [2.24, 2.45) is 0 Å². The van der Waals surface area contributed by atoms with Crippen molar-refractivity contribution in [3.05, 3.63) is 71.3 Å². The summed E-state index contributed by atoms with van der Waals surface area (Å²) in [5.41, 5.74) is 2.09. The van der Waals surface area contributed by atoms with Crippen LogP contribution >= 0.6 is 0 Å². The van der Waals surface area contributed by atoms with Crippen molar-refractivity contribution in [3.63, 3.8) is 0 Å². The Morgan fingerprint density at radius 3 is 2.35 bits per heavy atom. The van der Waals surface area contributed by atoms with Crippen LogP contribution in [0.25, 0.3) is 0 Å². The average molecular weight is 288 g/mol. The number of hydrogen-bond acceptors (Lipinski definition) is 3. The summed E-state index contributed by atoms with van der Waals surface area (Å²) in [7, 11) is -3.44. The predicted molar refractivity (Wildman–Crippen MR) is 79.4 cm³/mol. The molecule has 2 aromatic carbocycles. The first-order valence-corrected chi connectivity index (χ1v) is 8.13. The number of aryl methyl sites for hydroxylation is 1. The molecule has 0 aliphatic carbocycles. The third-order valence-corrected chi connectivity index (χ3v) is 4.40. The zero-order chi connectivity index (χ0) is 14.6. The molecular formula is C16H16O3S. The van der Waals surface area contributed by atoms with E-state index in [-0.39, 0.29) is 11.5 Å². The Bertz CT molecular complexity index is 704. The number of sulfone groups is 1. The van der Waals surface area contributed by atoms with Gasteiger partial charge in [0.25, 0.3) is 0 Å². The lowest BCUT2D eigenvalue weighted by Gasteiger charge is -2.05. The second-order valence-electron chi connectivity index (χ2n) is 4.81. The molecular weight excluding hydrogens is 272 g/mol. The van der Waals surface area contributed by atoms with Crippen LogP contribution in [0.3, 0.4) is 0 Å². The maximum atomic E-state index is 12.0. The standard InChI is InChI=1S/C16H16O3S/c1-13-6-5-9-15(10-13)16(17)12-20(18,19)11-14-7-3-2-4-8-14/h2-10H,11-12H2,1H3. The number of ketones is 1. The van der Waals surface area contributed by atoms with Crippen LogP contribution in [0.4, 0.5) is 0 Å².